The lowest BCUT2D eigenvalue weighted by atomic mass is 10.1. The smallest absolute Gasteiger partial charge is 0.251 e. The molecule has 1 aromatic heterocycles. The molecule has 1 aliphatic heterocycles. The Morgan fingerprint density at radius 3 is 3.00 bits per heavy atom. The maximum atomic E-state index is 12.1. The maximum Gasteiger partial charge on any atom is 0.251 e. The van der Waals surface area contributed by atoms with E-state index in [-0.39, 0.29) is 17.9 Å². The van der Waals surface area contributed by atoms with E-state index >= 15 is 0 Å². The van der Waals surface area contributed by atoms with Gasteiger partial charge in [0.1, 0.15) is 5.15 Å². The second kappa shape index (κ2) is 6.02. The molecule has 1 atom stereocenters. The van der Waals surface area contributed by atoms with Crippen molar-refractivity contribution in [1.29, 1.82) is 0 Å². The Kier molecular flexibility index (Phi) is 4.37. The second-order valence-corrected chi connectivity index (χ2v) is 4.92. The Hall–Kier alpha value is -1.62. The lowest BCUT2D eigenvalue weighted by Gasteiger charge is -2.23. The third kappa shape index (κ3) is 3.67. The number of aryl methyl sites for hydroxylation is 1. The van der Waals surface area contributed by atoms with Gasteiger partial charge in [0.05, 0.1) is 0 Å². The van der Waals surface area contributed by atoms with Gasteiger partial charge in [-0.1, -0.05) is 18.5 Å². The number of piperidine rings is 1. The van der Waals surface area contributed by atoms with Crippen molar-refractivity contribution in [1.82, 2.24) is 15.6 Å². The first-order chi connectivity index (χ1) is 9.08. The van der Waals surface area contributed by atoms with E-state index in [0.29, 0.717) is 30.1 Å². The van der Waals surface area contributed by atoms with E-state index in [1.807, 2.05) is 6.92 Å². The van der Waals surface area contributed by atoms with Crippen LogP contribution in [0.2, 0.25) is 5.15 Å². The highest BCUT2D eigenvalue weighted by Gasteiger charge is 2.20. The van der Waals surface area contributed by atoms with E-state index in [0.717, 1.165) is 12.1 Å². The predicted molar refractivity (Wildman–Crippen MR) is 72.1 cm³/mol. The summed E-state index contributed by atoms with van der Waals surface area (Å²) in [6, 6.07) is 3.27. The van der Waals surface area contributed by atoms with Crippen molar-refractivity contribution >= 4 is 23.4 Å². The number of aromatic nitrogens is 1. The molecule has 0 radical (unpaired) electrons. The van der Waals surface area contributed by atoms with Gasteiger partial charge in [0.25, 0.3) is 5.91 Å². The van der Waals surface area contributed by atoms with Crippen LogP contribution < -0.4 is 10.6 Å². The van der Waals surface area contributed by atoms with Gasteiger partial charge in [0.15, 0.2) is 0 Å². The van der Waals surface area contributed by atoms with Crippen LogP contribution in [0.25, 0.3) is 0 Å². The normalized spacial score (nSPS) is 18.8. The van der Waals surface area contributed by atoms with Crippen LogP contribution in [0.15, 0.2) is 12.1 Å². The van der Waals surface area contributed by atoms with Crippen LogP contribution in [0, 0.1) is 0 Å². The number of halogens is 1. The van der Waals surface area contributed by atoms with Gasteiger partial charge in [0, 0.05) is 30.3 Å². The molecule has 19 heavy (non-hydrogen) atoms. The number of amides is 2. The lowest BCUT2D eigenvalue weighted by molar-refractivity contribution is -0.122. The first-order valence-electron chi connectivity index (χ1n) is 6.32. The Morgan fingerprint density at radius 2 is 2.37 bits per heavy atom. The number of carbonyl (C=O) groups is 2. The number of hydrogen-bond acceptors (Lipinski definition) is 3. The average molecular weight is 282 g/mol. The summed E-state index contributed by atoms with van der Waals surface area (Å²) in [5.41, 5.74) is 1.29. The minimum atomic E-state index is -0.180. The van der Waals surface area contributed by atoms with Gasteiger partial charge in [-0.25, -0.2) is 4.98 Å². The zero-order chi connectivity index (χ0) is 13.8. The number of nitrogens with one attached hydrogen (secondary N) is 2. The van der Waals surface area contributed by atoms with Crippen LogP contribution in [0.1, 0.15) is 35.8 Å². The minimum Gasteiger partial charge on any atom is -0.354 e. The molecule has 1 fully saturated rings. The SMILES string of the molecule is CCc1cc(C(=O)NC2CCC(=O)NC2)cc(Cl)n1. The van der Waals surface area contributed by atoms with Gasteiger partial charge in [-0.15, -0.1) is 0 Å². The summed E-state index contributed by atoms with van der Waals surface area (Å²) >= 11 is 5.89. The summed E-state index contributed by atoms with van der Waals surface area (Å²) in [7, 11) is 0. The average Bonchev–Trinajstić information content (AvgIpc) is 2.40. The van der Waals surface area contributed by atoms with Gasteiger partial charge in [-0.2, -0.15) is 0 Å². The summed E-state index contributed by atoms with van der Waals surface area (Å²) in [6.45, 7) is 2.43. The highest BCUT2D eigenvalue weighted by molar-refractivity contribution is 6.29. The Bertz CT molecular complexity index is 495. The highest BCUT2D eigenvalue weighted by Crippen LogP contribution is 2.12. The molecule has 2 amide bonds. The van der Waals surface area contributed by atoms with Crippen molar-refractivity contribution in [2.75, 3.05) is 6.54 Å². The van der Waals surface area contributed by atoms with Gasteiger partial charge in [-0.05, 0) is 25.0 Å². The molecule has 102 valence electrons. The summed E-state index contributed by atoms with van der Waals surface area (Å²) < 4.78 is 0. The number of rotatable bonds is 3. The minimum absolute atomic E-state index is 0.0257. The van der Waals surface area contributed by atoms with Gasteiger partial charge in [0.2, 0.25) is 5.91 Å². The summed E-state index contributed by atoms with van der Waals surface area (Å²) in [5, 5.41) is 5.95. The van der Waals surface area contributed by atoms with Crippen LogP contribution >= 0.6 is 11.6 Å². The fourth-order valence-corrected chi connectivity index (χ4v) is 2.21. The van der Waals surface area contributed by atoms with E-state index in [1.165, 1.54) is 0 Å². The Balaban J connectivity index is 2.03. The Morgan fingerprint density at radius 1 is 1.58 bits per heavy atom. The molecule has 2 heterocycles. The molecule has 1 aliphatic rings. The predicted octanol–water partition coefficient (Wildman–Crippen LogP) is 1.31. The molecule has 2 N–H and O–H groups in total. The van der Waals surface area contributed by atoms with Crippen molar-refractivity contribution in [3.05, 3.63) is 28.5 Å². The number of carbonyl (C=O) groups excluding carboxylic acids is 2. The topological polar surface area (TPSA) is 71.1 Å². The number of hydrogen-bond donors (Lipinski definition) is 2. The van der Waals surface area contributed by atoms with Gasteiger partial charge >= 0.3 is 0 Å². The molecule has 1 aromatic rings. The monoisotopic (exact) mass is 281 g/mol. The molecule has 0 bridgehead atoms. The third-order valence-electron chi connectivity index (χ3n) is 3.07. The van der Waals surface area contributed by atoms with E-state index < -0.39 is 0 Å². The molecule has 1 saturated heterocycles. The van der Waals surface area contributed by atoms with Crippen molar-refractivity contribution in [2.45, 2.75) is 32.2 Å². The van der Waals surface area contributed by atoms with Crippen molar-refractivity contribution in [3.63, 3.8) is 0 Å². The first kappa shape index (κ1) is 13.8. The zero-order valence-electron chi connectivity index (χ0n) is 10.7. The van der Waals surface area contributed by atoms with Crippen LogP contribution in [-0.4, -0.2) is 29.4 Å². The third-order valence-corrected chi connectivity index (χ3v) is 3.27. The summed E-state index contributed by atoms with van der Waals surface area (Å²) in [6.07, 6.45) is 1.83. The molecule has 0 aromatic carbocycles. The molecular formula is C13H16ClN3O2. The lowest BCUT2D eigenvalue weighted by Crippen LogP contribution is -2.47. The molecule has 6 heteroatoms. The largest absolute Gasteiger partial charge is 0.354 e. The van der Waals surface area contributed by atoms with Crippen molar-refractivity contribution in [3.8, 4) is 0 Å². The van der Waals surface area contributed by atoms with Crippen LogP contribution in [0.3, 0.4) is 0 Å². The summed E-state index contributed by atoms with van der Waals surface area (Å²) in [4.78, 5) is 27.3. The fraction of sp³-hybridized carbons (Fsp3) is 0.462. The zero-order valence-corrected chi connectivity index (χ0v) is 11.5. The molecule has 1 unspecified atom stereocenters. The fourth-order valence-electron chi connectivity index (χ4n) is 1.99. The van der Waals surface area contributed by atoms with Gasteiger partial charge in [-0.3, -0.25) is 9.59 Å². The maximum absolute atomic E-state index is 12.1. The number of nitrogens with zero attached hydrogens (tertiary/aromatic N) is 1. The van der Waals surface area contributed by atoms with Crippen LogP contribution in [0.4, 0.5) is 0 Å². The molecule has 0 saturated carbocycles. The van der Waals surface area contributed by atoms with Gasteiger partial charge < -0.3 is 10.6 Å². The second-order valence-electron chi connectivity index (χ2n) is 4.54. The first-order valence-corrected chi connectivity index (χ1v) is 6.70. The molecule has 5 nitrogen and oxygen atoms in total. The molecule has 0 spiro atoms. The van der Waals surface area contributed by atoms with Crippen LogP contribution in [-0.2, 0) is 11.2 Å². The van der Waals surface area contributed by atoms with Crippen molar-refractivity contribution < 1.29 is 9.59 Å². The van der Waals surface area contributed by atoms with E-state index in [1.54, 1.807) is 12.1 Å². The van der Waals surface area contributed by atoms with E-state index in [4.69, 9.17) is 11.6 Å². The van der Waals surface area contributed by atoms with Crippen LogP contribution in [0.5, 0.6) is 0 Å². The highest BCUT2D eigenvalue weighted by atomic mass is 35.5. The molecular weight excluding hydrogens is 266 g/mol. The number of pyridine rings is 1. The Labute approximate surface area is 116 Å². The van der Waals surface area contributed by atoms with Crippen molar-refractivity contribution in [2.24, 2.45) is 0 Å². The quantitative estimate of drug-likeness (QED) is 0.821. The van der Waals surface area contributed by atoms with E-state index in [2.05, 4.69) is 15.6 Å². The summed E-state index contributed by atoms with van der Waals surface area (Å²) in [5.74, 6) is -0.147. The standard InChI is InChI=1S/C13H16ClN3O2/c1-2-9-5-8(6-11(14)16-9)13(19)17-10-3-4-12(18)15-7-10/h5-6,10H,2-4,7H2,1H3,(H,15,18)(H,17,19). The van der Waals surface area contributed by atoms with E-state index in [9.17, 15) is 9.59 Å². The molecule has 0 aliphatic carbocycles. The molecule has 2 rings (SSSR count).